The number of nitrogens with zero attached hydrogens (tertiary/aromatic N) is 2. The van der Waals surface area contributed by atoms with Gasteiger partial charge in [-0.15, -0.1) is 0 Å². The van der Waals surface area contributed by atoms with E-state index in [1.165, 1.54) is 34.9 Å². The van der Waals surface area contributed by atoms with Gasteiger partial charge in [-0.1, -0.05) is 12.1 Å². The van der Waals surface area contributed by atoms with Crippen molar-refractivity contribution in [3.8, 4) is 0 Å². The molecule has 0 spiro atoms. The van der Waals surface area contributed by atoms with Crippen molar-refractivity contribution in [3.05, 3.63) is 78.8 Å². The molecule has 1 heterocycles. The summed E-state index contributed by atoms with van der Waals surface area (Å²) in [4.78, 5) is 46.7. The molecule has 0 saturated carbocycles. The van der Waals surface area contributed by atoms with Gasteiger partial charge in [-0.3, -0.25) is 28.8 Å². The van der Waals surface area contributed by atoms with E-state index >= 15 is 0 Å². The molecule has 11 heteroatoms. The molecule has 1 unspecified atom stereocenters. The maximum absolute atomic E-state index is 12.3. The zero-order chi connectivity index (χ0) is 20.5. The molecule has 0 amide bonds. The zero-order valence-electron chi connectivity index (χ0n) is 14.7. The van der Waals surface area contributed by atoms with Crippen molar-refractivity contribution >= 4 is 29.6 Å². The van der Waals surface area contributed by atoms with Crippen molar-refractivity contribution in [2.24, 2.45) is 0 Å². The van der Waals surface area contributed by atoms with Crippen LogP contribution in [0.1, 0.15) is 12.5 Å². The molecule has 3 aromatic rings. The Morgan fingerprint density at radius 2 is 1.89 bits per heavy atom. The van der Waals surface area contributed by atoms with Gasteiger partial charge < -0.3 is 14.4 Å². The van der Waals surface area contributed by atoms with Crippen LogP contribution in [0.25, 0.3) is 11.0 Å². The fraction of sp³-hybridized carbons (Fsp3) is 0.176. The monoisotopic (exact) mass is 405 g/mol. The Labute approximate surface area is 157 Å². The Hall–Kier alpha value is -3.07. The van der Waals surface area contributed by atoms with Gasteiger partial charge in [-0.25, -0.2) is 0 Å². The predicted molar refractivity (Wildman–Crippen MR) is 102 cm³/mol. The van der Waals surface area contributed by atoms with Crippen LogP contribution in [0.15, 0.2) is 52.1 Å². The van der Waals surface area contributed by atoms with E-state index < -0.39 is 23.6 Å². The molecule has 1 atom stereocenters. The minimum absolute atomic E-state index is 0.00170. The molecule has 0 aliphatic heterocycles. The van der Waals surface area contributed by atoms with Crippen molar-refractivity contribution in [3.63, 3.8) is 0 Å². The Bertz CT molecular complexity index is 1210. The lowest BCUT2D eigenvalue weighted by molar-refractivity contribution is -0.384. The van der Waals surface area contributed by atoms with E-state index in [4.69, 9.17) is 4.52 Å². The number of H-pyrrole nitrogens is 1. The minimum atomic E-state index is -3.91. The zero-order valence-corrected chi connectivity index (χ0v) is 15.6. The van der Waals surface area contributed by atoms with Crippen LogP contribution in [0.3, 0.4) is 0 Å². The van der Waals surface area contributed by atoms with Gasteiger partial charge in [0, 0.05) is 12.1 Å². The molecule has 2 N–H and O–H groups in total. The largest absolute Gasteiger partial charge is 0.358 e. The quantitative estimate of drug-likeness (QED) is 0.274. The number of nitrogens with one attached hydrogen (secondary N) is 1. The molecule has 28 heavy (non-hydrogen) atoms. The third kappa shape index (κ3) is 3.79. The molecule has 0 saturated heterocycles. The maximum Gasteiger partial charge on any atom is 0.358 e. The Kier molecular flexibility index (Phi) is 5.28. The summed E-state index contributed by atoms with van der Waals surface area (Å²) >= 11 is 0. The number of non-ortho nitro benzene ring substituents is 1. The van der Waals surface area contributed by atoms with Crippen LogP contribution in [0.2, 0.25) is 0 Å². The Morgan fingerprint density at radius 1 is 1.21 bits per heavy atom. The van der Waals surface area contributed by atoms with Crippen molar-refractivity contribution in [2.75, 3.05) is 6.61 Å². The van der Waals surface area contributed by atoms with E-state index in [0.29, 0.717) is 11.1 Å². The Morgan fingerprint density at radius 3 is 2.50 bits per heavy atom. The summed E-state index contributed by atoms with van der Waals surface area (Å²) < 4.78 is 18.1. The molecule has 2 aromatic carbocycles. The number of nitro benzene ring substituents is 1. The molecule has 3 rings (SSSR count). The summed E-state index contributed by atoms with van der Waals surface area (Å²) in [7, 11) is -3.91. The molecule has 1 aromatic heterocycles. The van der Waals surface area contributed by atoms with Gasteiger partial charge in [-0.2, -0.15) is 0 Å². The second kappa shape index (κ2) is 7.51. The fourth-order valence-corrected chi connectivity index (χ4v) is 3.78. The molecule has 0 aliphatic rings. The number of aromatic amines is 1. The average Bonchev–Trinajstić information content (AvgIpc) is 2.65. The average molecular weight is 405 g/mol. The predicted octanol–water partition coefficient (Wildman–Crippen LogP) is 1.49. The van der Waals surface area contributed by atoms with Gasteiger partial charge >= 0.3 is 18.7 Å². The summed E-state index contributed by atoms with van der Waals surface area (Å²) in [6, 6.07) is 9.72. The highest BCUT2D eigenvalue weighted by atomic mass is 31.2. The van der Waals surface area contributed by atoms with Crippen molar-refractivity contribution in [2.45, 2.75) is 13.5 Å². The second-order valence-electron chi connectivity index (χ2n) is 5.91. The summed E-state index contributed by atoms with van der Waals surface area (Å²) in [5, 5.41) is 11.0. The van der Waals surface area contributed by atoms with Crippen LogP contribution >= 0.6 is 7.60 Å². The number of nitro groups is 1. The fourth-order valence-electron chi connectivity index (χ4n) is 2.76. The molecule has 10 nitrogen and oxygen atoms in total. The minimum Gasteiger partial charge on any atom is -0.321 e. The molecule has 0 radical (unpaired) electrons. The molecule has 0 aliphatic carbocycles. The van der Waals surface area contributed by atoms with Gasteiger partial charge in [0.05, 0.1) is 34.4 Å². The topological polar surface area (TPSA) is 145 Å². The van der Waals surface area contributed by atoms with Crippen LogP contribution in [0, 0.1) is 10.1 Å². The van der Waals surface area contributed by atoms with Gasteiger partial charge in [-0.05, 0) is 30.7 Å². The van der Waals surface area contributed by atoms with Crippen molar-refractivity contribution in [1.82, 2.24) is 9.55 Å². The highest BCUT2D eigenvalue weighted by Gasteiger charge is 2.21. The standard InChI is InChI=1S/C17H16N3O7P/c1-2-27-28(25,26)13-6-3-11(4-7-13)10-19-15-8-5-12(20(23)24)9-14(15)18-16(21)17(19)22/h3-9H,2,10H2,1H3,(H,18,21)(H,25,26). The SMILES string of the molecule is CCOP(=O)(O)c1ccc(Cn2c(=O)c(=O)[nH]c3cc([N+](=O)[O-])ccc32)cc1. The van der Waals surface area contributed by atoms with E-state index in [9.17, 15) is 29.2 Å². The van der Waals surface area contributed by atoms with E-state index in [2.05, 4.69) is 4.98 Å². The first-order valence-electron chi connectivity index (χ1n) is 8.21. The molecule has 0 bridgehead atoms. The number of aromatic nitrogens is 2. The lowest BCUT2D eigenvalue weighted by atomic mass is 10.2. The van der Waals surface area contributed by atoms with Crippen LogP contribution in [-0.4, -0.2) is 26.0 Å². The van der Waals surface area contributed by atoms with E-state index in [1.807, 2.05) is 0 Å². The maximum atomic E-state index is 12.3. The lowest BCUT2D eigenvalue weighted by Gasteiger charge is -2.12. The van der Waals surface area contributed by atoms with Gasteiger partial charge in [0.15, 0.2) is 0 Å². The lowest BCUT2D eigenvalue weighted by Crippen LogP contribution is -2.36. The van der Waals surface area contributed by atoms with Crippen molar-refractivity contribution in [1.29, 1.82) is 0 Å². The van der Waals surface area contributed by atoms with Crippen LogP contribution < -0.4 is 16.4 Å². The first kappa shape index (κ1) is 19.7. The highest BCUT2D eigenvalue weighted by Crippen LogP contribution is 2.40. The number of benzene rings is 2. The summed E-state index contributed by atoms with van der Waals surface area (Å²) in [6.45, 7) is 1.68. The first-order chi connectivity index (χ1) is 13.2. The summed E-state index contributed by atoms with van der Waals surface area (Å²) in [5.74, 6) is 0. The number of rotatable bonds is 6. The van der Waals surface area contributed by atoms with Gasteiger partial charge in [0.1, 0.15) is 0 Å². The van der Waals surface area contributed by atoms with Crippen molar-refractivity contribution < 1.29 is 18.9 Å². The molecular formula is C17H16N3O7P. The van der Waals surface area contributed by atoms with E-state index in [-0.39, 0.29) is 29.7 Å². The highest BCUT2D eigenvalue weighted by molar-refractivity contribution is 7.61. The van der Waals surface area contributed by atoms with E-state index in [1.54, 1.807) is 19.1 Å². The molecular weight excluding hydrogens is 389 g/mol. The third-order valence-corrected chi connectivity index (χ3v) is 5.64. The number of hydrogen-bond acceptors (Lipinski definition) is 6. The first-order valence-corrected chi connectivity index (χ1v) is 9.79. The van der Waals surface area contributed by atoms with E-state index in [0.717, 1.165) is 0 Å². The number of hydrogen-bond donors (Lipinski definition) is 2. The van der Waals surface area contributed by atoms with Crippen LogP contribution in [0.5, 0.6) is 0 Å². The Balaban J connectivity index is 2.03. The van der Waals surface area contributed by atoms with Crippen LogP contribution in [-0.2, 0) is 15.6 Å². The third-order valence-electron chi connectivity index (χ3n) is 4.08. The summed E-state index contributed by atoms with van der Waals surface area (Å²) in [6.07, 6.45) is 0. The van der Waals surface area contributed by atoms with Gasteiger partial charge in [0.25, 0.3) is 5.69 Å². The molecule has 0 fully saturated rings. The van der Waals surface area contributed by atoms with Gasteiger partial charge in [0.2, 0.25) is 0 Å². The van der Waals surface area contributed by atoms with Crippen LogP contribution in [0.4, 0.5) is 5.69 Å². The normalized spacial score (nSPS) is 13.4. The number of fused-ring (bicyclic) bond motifs is 1. The second-order valence-corrected chi connectivity index (χ2v) is 7.72. The smallest absolute Gasteiger partial charge is 0.321 e. The summed E-state index contributed by atoms with van der Waals surface area (Å²) in [5.41, 5.74) is -0.860. The molecule has 146 valence electrons.